The van der Waals surface area contributed by atoms with Crippen molar-refractivity contribution in [2.45, 2.75) is 46.6 Å². The molecular formula is C17H22N2O2. The van der Waals surface area contributed by atoms with Crippen LogP contribution in [0, 0.1) is 11.3 Å². The molecule has 1 fully saturated rings. The van der Waals surface area contributed by atoms with Crippen molar-refractivity contribution in [3.05, 3.63) is 29.6 Å². The van der Waals surface area contributed by atoms with Gasteiger partial charge in [-0.05, 0) is 36.0 Å². The maximum atomic E-state index is 11.1. The van der Waals surface area contributed by atoms with E-state index in [1.54, 1.807) is 12.1 Å². The number of carbonyl (C=O) groups is 1. The lowest BCUT2D eigenvalue weighted by Crippen LogP contribution is -2.09. The van der Waals surface area contributed by atoms with E-state index >= 15 is 0 Å². The molecule has 1 atom stereocenters. The fourth-order valence-electron chi connectivity index (χ4n) is 3.02. The maximum Gasteiger partial charge on any atom is 0.335 e. The predicted molar refractivity (Wildman–Crippen MR) is 82.7 cm³/mol. The predicted octanol–water partition coefficient (Wildman–Crippen LogP) is 3.90. The lowest BCUT2D eigenvalue weighted by molar-refractivity contribution is 0.0697. The third-order valence-corrected chi connectivity index (χ3v) is 4.66. The lowest BCUT2D eigenvalue weighted by atomic mass is 10.1. The minimum Gasteiger partial charge on any atom is -0.478 e. The van der Waals surface area contributed by atoms with Gasteiger partial charge in [-0.15, -0.1) is 0 Å². The average molecular weight is 286 g/mol. The highest BCUT2D eigenvalue weighted by molar-refractivity contribution is 5.92. The van der Waals surface area contributed by atoms with Gasteiger partial charge < -0.3 is 9.67 Å². The van der Waals surface area contributed by atoms with Gasteiger partial charge in [-0.2, -0.15) is 0 Å². The summed E-state index contributed by atoms with van der Waals surface area (Å²) in [5.74, 6) is 1.16. The summed E-state index contributed by atoms with van der Waals surface area (Å²) < 4.78 is 2.28. The third kappa shape index (κ3) is 2.43. The summed E-state index contributed by atoms with van der Waals surface area (Å²) >= 11 is 0. The number of benzene rings is 1. The average Bonchev–Trinajstić information content (AvgIpc) is 2.83. The van der Waals surface area contributed by atoms with Crippen LogP contribution in [-0.4, -0.2) is 20.6 Å². The van der Waals surface area contributed by atoms with Crippen LogP contribution in [0.15, 0.2) is 18.2 Å². The zero-order chi connectivity index (χ0) is 15.4. The molecule has 0 radical (unpaired) electrons. The smallest absolute Gasteiger partial charge is 0.335 e. The van der Waals surface area contributed by atoms with Gasteiger partial charge in [0.25, 0.3) is 0 Å². The molecule has 1 saturated carbocycles. The Labute approximate surface area is 124 Å². The quantitative estimate of drug-likeness (QED) is 0.927. The van der Waals surface area contributed by atoms with Crippen LogP contribution in [-0.2, 0) is 6.54 Å². The van der Waals surface area contributed by atoms with Crippen molar-refractivity contribution < 1.29 is 9.90 Å². The molecule has 1 aromatic carbocycles. The Morgan fingerprint density at radius 3 is 2.67 bits per heavy atom. The molecule has 1 N–H and O–H groups in total. The van der Waals surface area contributed by atoms with Crippen LogP contribution in [0.25, 0.3) is 11.0 Å². The number of aromatic carboxylic acids is 1. The van der Waals surface area contributed by atoms with Crippen molar-refractivity contribution in [3.63, 3.8) is 0 Å². The standard InChI is InChI=1S/C17H22N2O2/c1-10(2)15-18-13-7-11(16(20)21)5-6-14(13)19(15)9-12-8-17(12,3)4/h5-7,10,12H,8-9H2,1-4H3,(H,20,21). The van der Waals surface area contributed by atoms with Crippen LogP contribution in [0.3, 0.4) is 0 Å². The minimum atomic E-state index is -0.902. The first-order valence-corrected chi connectivity index (χ1v) is 7.53. The number of hydrogen-bond acceptors (Lipinski definition) is 2. The van der Waals surface area contributed by atoms with E-state index in [0.717, 1.165) is 23.4 Å². The molecule has 1 aliphatic carbocycles. The number of fused-ring (bicyclic) bond motifs is 1. The summed E-state index contributed by atoms with van der Waals surface area (Å²) in [6.45, 7) is 9.84. The summed E-state index contributed by atoms with van der Waals surface area (Å²) in [4.78, 5) is 15.8. The second-order valence-electron chi connectivity index (χ2n) is 7.13. The maximum absolute atomic E-state index is 11.1. The second-order valence-corrected chi connectivity index (χ2v) is 7.13. The van der Waals surface area contributed by atoms with Gasteiger partial charge in [0.05, 0.1) is 16.6 Å². The van der Waals surface area contributed by atoms with E-state index in [9.17, 15) is 4.79 Å². The van der Waals surface area contributed by atoms with Crippen molar-refractivity contribution in [3.8, 4) is 0 Å². The van der Waals surface area contributed by atoms with Crippen LogP contribution >= 0.6 is 0 Å². The normalized spacial score (nSPS) is 20.1. The largest absolute Gasteiger partial charge is 0.478 e. The molecule has 0 bridgehead atoms. The van der Waals surface area contributed by atoms with E-state index in [1.807, 2.05) is 6.07 Å². The van der Waals surface area contributed by atoms with E-state index < -0.39 is 5.97 Å². The van der Waals surface area contributed by atoms with Gasteiger partial charge in [-0.3, -0.25) is 0 Å². The summed E-state index contributed by atoms with van der Waals surface area (Å²) in [6.07, 6.45) is 1.25. The van der Waals surface area contributed by atoms with Crippen LogP contribution in [0.4, 0.5) is 0 Å². The third-order valence-electron chi connectivity index (χ3n) is 4.66. The topological polar surface area (TPSA) is 55.1 Å². The highest BCUT2D eigenvalue weighted by Crippen LogP contribution is 2.52. The SMILES string of the molecule is CC(C)c1nc2cc(C(=O)O)ccc2n1CC1CC1(C)C. The van der Waals surface area contributed by atoms with Gasteiger partial charge in [-0.25, -0.2) is 9.78 Å². The molecule has 21 heavy (non-hydrogen) atoms. The van der Waals surface area contributed by atoms with Gasteiger partial charge >= 0.3 is 5.97 Å². The first-order chi connectivity index (χ1) is 9.79. The molecule has 2 aromatic rings. The Balaban J connectivity index is 2.07. The van der Waals surface area contributed by atoms with Crippen LogP contribution < -0.4 is 0 Å². The number of carboxylic acids is 1. The Morgan fingerprint density at radius 2 is 2.14 bits per heavy atom. The van der Waals surface area contributed by atoms with E-state index in [-0.39, 0.29) is 0 Å². The lowest BCUT2D eigenvalue weighted by Gasteiger charge is -2.12. The number of nitrogens with zero attached hydrogens (tertiary/aromatic N) is 2. The summed E-state index contributed by atoms with van der Waals surface area (Å²) in [5.41, 5.74) is 2.56. The Morgan fingerprint density at radius 1 is 1.48 bits per heavy atom. The molecule has 4 heteroatoms. The molecule has 0 aliphatic heterocycles. The van der Waals surface area contributed by atoms with Gasteiger partial charge in [0, 0.05) is 12.5 Å². The monoisotopic (exact) mass is 286 g/mol. The van der Waals surface area contributed by atoms with Crippen molar-refractivity contribution >= 4 is 17.0 Å². The van der Waals surface area contributed by atoms with Gasteiger partial charge in [0.2, 0.25) is 0 Å². The van der Waals surface area contributed by atoms with E-state index in [0.29, 0.717) is 22.8 Å². The molecule has 1 aromatic heterocycles. The Bertz CT molecular complexity index is 713. The van der Waals surface area contributed by atoms with Crippen molar-refractivity contribution in [1.82, 2.24) is 9.55 Å². The van der Waals surface area contributed by atoms with Gasteiger partial charge in [0.1, 0.15) is 5.82 Å². The number of hydrogen-bond donors (Lipinski definition) is 1. The summed E-state index contributed by atoms with van der Waals surface area (Å²) in [7, 11) is 0. The van der Waals surface area contributed by atoms with Crippen LogP contribution in [0.5, 0.6) is 0 Å². The summed E-state index contributed by atoms with van der Waals surface area (Å²) in [6, 6.07) is 5.25. The van der Waals surface area contributed by atoms with Crippen LogP contribution in [0.1, 0.15) is 56.2 Å². The second kappa shape index (κ2) is 4.58. The molecule has 4 nitrogen and oxygen atoms in total. The number of carboxylic acid groups (broad SMARTS) is 1. The first kappa shape index (κ1) is 14.1. The highest BCUT2D eigenvalue weighted by Gasteiger charge is 2.45. The number of imidazole rings is 1. The molecule has 112 valence electrons. The molecule has 0 spiro atoms. The Hall–Kier alpha value is -1.84. The number of rotatable bonds is 4. The zero-order valence-corrected chi connectivity index (χ0v) is 13.1. The van der Waals surface area contributed by atoms with E-state index in [4.69, 9.17) is 5.11 Å². The molecule has 1 unspecified atom stereocenters. The van der Waals surface area contributed by atoms with Gasteiger partial charge in [0.15, 0.2) is 0 Å². The molecule has 3 rings (SSSR count). The molecule has 1 heterocycles. The highest BCUT2D eigenvalue weighted by atomic mass is 16.4. The number of aromatic nitrogens is 2. The molecule has 0 amide bonds. The molecule has 0 saturated heterocycles. The van der Waals surface area contributed by atoms with Gasteiger partial charge in [-0.1, -0.05) is 27.7 Å². The molecular weight excluding hydrogens is 264 g/mol. The van der Waals surface area contributed by atoms with Crippen molar-refractivity contribution in [1.29, 1.82) is 0 Å². The van der Waals surface area contributed by atoms with E-state index in [1.165, 1.54) is 6.42 Å². The zero-order valence-electron chi connectivity index (χ0n) is 13.1. The van der Waals surface area contributed by atoms with Crippen molar-refractivity contribution in [2.24, 2.45) is 11.3 Å². The fourth-order valence-corrected chi connectivity index (χ4v) is 3.02. The minimum absolute atomic E-state index is 0.300. The molecule has 1 aliphatic rings. The van der Waals surface area contributed by atoms with E-state index in [2.05, 4.69) is 37.2 Å². The summed E-state index contributed by atoms with van der Waals surface area (Å²) in [5, 5.41) is 9.12. The van der Waals surface area contributed by atoms with Crippen molar-refractivity contribution in [2.75, 3.05) is 0 Å². The first-order valence-electron chi connectivity index (χ1n) is 7.53. The van der Waals surface area contributed by atoms with Crippen LogP contribution in [0.2, 0.25) is 0 Å². The Kier molecular flexibility index (Phi) is 3.08. The fraction of sp³-hybridized carbons (Fsp3) is 0.529.